The molecule has 18 heavy (non-hydrogen) atoms. The molecule has 0 spiro atoms. The second-order valence-corrected chi connectivity index (χ2v) is 3.35. The van der Waals surface area contributed by atoms with Crippen molar-refractivity contribution >= 4 is 23.7 Å². The van der Waals surface area contributed by atoms with Crippen molar-refractivity contribution in [2.75, 3.05) is 18.4 Å². The van der Waals surface area contributed by atoms with Gasteiger partial charge in [0.25, 0.3) is 0 Å². The van der Waals surface area contributed by atoms with Gasteiger partial charge in [0.1, 0.15) is 6.54 Å². The minimum atomic E-state index is -1.15. The Kier molecular flexibility index (Phi) is 4.67. The topological polar surface area (TPSA) is 125 Å². The molecule has 1 rings (SSSR count). The van der Waals surface area contributed by atoms with E-state index in [0.29, 0.717) is 5.82 Å². The number of carbonyl (C=O) groups is 3. The van der Waals surface area contributed by atoms with E-state index in [1.165, 1.54) is 4.68 Å². The molecule has 0 aliphatic heterocycles. The lowest BCUT2D eigenvalue weighted by Crippen LogP contribution is -2.40. The van der Waals surface area contributed by atoms with Crippen molar-refractivity contribution in [2.45, 2.75) is 0 Å². The van der Waals surface area contributed by atoms with E-state index in [0.717, 1.165) is 0 Å². The Bertz CT molecular complexity index is 456. The molecule has 1 aromatic rings. The van der Waals surface area contributed by atoms with E-state index in [1.807, 2.05) is 0 Å². The molecule has 0 saturated carbocycles. The number of carbonyl (C=O) groups excluding carboxylic acids is 2. The van der Waals surface area contributed by atoms with E-state index in [9.17, 15) is 14.4 Å². The highest BCUT2D eigenvalue weighted by atomic mass is 16.4. The third kappa shape index (κ3) is 4.96. The van der Waals surface area contributed by atoms with Crippen molar-refractivity contribution in [3.63, 3.8) is 0 Å². The van der Waals surface area contributed by atoms with Crippen LogP contribution < -0.4 is 16.0 Å². The predicted molar refractivity (Wildman–Crippen MR) is 60.9 cm³/mol. The van der Waals surface area contributed by atoms with Crippen LogP contribution in [0.25, 0.3) is 0 Å². The summed E-state index contributed by atoms with van der Waals surface area (Å²) in [6.07, 6.45) is 1.65. The smallest absolute Gasteiger partial charge is 0.322 e. The molecule has 0 aliphatic carbocycles. The normalized spacial score (nSPS) is 9.61. The standard InChI is InChI=1S/C9H13N5O4/c1-14-3-2-6(13-14)12-9(18)11-4-7(15)10-5-8(16)17/h2-3H,4-5H2,1H3,(H,10,15)(H,16,17)(H2,11,12,13,18). The zero-order valence-electron chi connectivity index (χ0n) is 9.64. The van der Waals surface area contributed by atoms with E-state index in [2.05, 4.69) is 21.0 Å². The number of aryl methyl sites for hydroxylation is 1. The van der Waals surface area contributed by atoms with Crippen molar-refractivity contribution in [1.29, 1.82) is 0 Å². The van der Waals surface area contributed by atoms with Crippen LogP contribution in [0.15, 0.2) is 12.3 Å². The Labute approximate surface area is 102 Å². The summed E-state index contributed by atoms with van der Waals surface area (Å²) in [6, 6.07) is 0.989. The lowest BCUT2D eigenvalue weighted by Gasteiger charge is -2.05. The maximum absolute atomic E-state index is 11.3. The first kappa shape index (κ1) is 13.5. The molecule has 0 aliphatic rings. The zero-order chi connectivity index (χ0) is 13.5. The summed E-state index contributed by atoms with van der Waals surface area (Å²) >= 11 is 0. The monoisotopic (exact) mass is 255 g/mol. The number of hydrogen-bond acceptors (Lipinski definition) is 4. The van der Waals surface area contributed by atoms with Crippen LogP contribution in [0.1, 0.15) is 0 Å². The summed E-state index contributed by atoms with van der Waals surface area (Å²) in [5.74, 6) is -1.39. The number of aromatic nitrogens is 2. The molecule has 0 bridgehead atoms. The Morgan fingerprint density at radius 1 is 1.33 bits per heavy atom. The van der Waals surface area contributed by atoms with E-state index < -0.39 is 24.5 Å². The molecule has 0 aromatic carbocycles. The van der Waals surface area contributed by atoms with Crippen LogP contribution in [0.5, 0.6) is 0 Å². The number of amides is 3. The van der Waals surface area contributed by atoms with E-state index >= 15 is 0 Å². The molecular formula is C9H13N5O4. The minimum Gasteiger partial charge on any atom is -0.480 e. The van der Waals surface area contributed by atoms with Crippen molar-refractivity contribution in [3.8, 4) is 0 Å². The first-order chi connectivity index (χ1) is 8.47. The first-order valence-electron chi connectivity index (χ1n) is 5.00. The molecule has 98 valence electrons. The van der Waals surface area contributed by atoms with Gasteiger partial charge in [0.2, 0.25) is 5.91 Å². The van der Waals surface area contributed by atoms with Crippen LogP contribution in [-0.4, -0.2) is 45.9 Å². The average molecular weight is 255 g/mol. The zero-order valence-corrected chi connectivity index (χ0v) is 9.64. The van der Waals surface area contributed by atoms with Gasteiger partial charge in [-0.15, -0.1) is 0 Å². The summed E-state index contributed by atoms with van der Waals surface area (Å²) < 4.78 is 1.51. The van der Waals surface area contributed by atoms with Crippen LogP contribution >= 0.6 is 0 Å². The molecular weight excluding hydrogens is 242 g/mol. The van der Waals surface area contributed by atoms with Crippen LogP contribution in [0, 0.1) is 0 Å². The number of anilines is 1. The van der Waals surface area contributed by atoms with Crippen LogP contribution in [-0.2, 0) is 16.6 Å². The van der Waals surface area contributed by atoms with Gasteiger partial charge in [0, 0.05) is 19.3 Å². The van der Waals surface area contributed by atoms with Crippen LogP contribution in [0.3, 0.4) is 0 Å². The molecule has 9 nitrogen and oxygen atoms in total. The van der Waals surface area contributed by atoms with Gasteiger partial charge in [-0.2, -0.15) is 5.10 Å². The van der Waals surface area contributed by atoms with Gasteiger partial charge < -0.3 is 15.7 Å². The fourth-order valence-electron chi connectivity index (χ4n) is 1.04. The van der Waals surface area contributed by atoms with E-state index in [-0.39, 0.29) is 6.54 Å². The number of nitrogens with one attached hydrogen (secondary N) is 3. The van der Waals surface area contributed by atoms with Crippen LogP contribution in [0.2, 0.25) is 0 Å². The summed E-state index contributed by atoms with van der Waals surface area (Å²) in [5, 5.41) is 19.0. The van der Waals surface area contributed by atoms with Gasteiger partial charge in [0.05, 0.1) is 6.54 Å². The second kappa shape index (κ2) is 6.23. The molecule has 1 aromatic heterocycles. The summed E-state index contributed by atoms with van der Waals surface area (Å²) in [6.45, 7) is -0.797. The number of carboxylic acid groups (broad SMARTS) is 1. The number of aliphatic carboxylic acids is 1. The maximum Gasteiger partial charge on any atom is 0.322 e. The van der Waals surface area contributed by atoms with Crippen molar-refractivity contribution in [1.82, 2.24) is 20.4 Å². The Balaban J connectivity index is 2.24. The van der Waals surface area contributed by atoms with E-state index in [4.69, 9.17) is 5.11 Å². The number of urea groups is 1. The fourth-order valence-corrected chi connectivity index (χ4v) is 1.04. The molecule has 0 atom stereocenters. The average Bonchev–Trinajstić information content (AvgIpc) is 2.69. The SMILES string of the molecule is Cn1ccc(NC(=O)NCC(=O)NCC(=O)O)n1. The van der Waals surface area contributed by atoms with E-state index in [1.54, 1.807) is 19.3 Å². The van der Waals surface area contributed by atoms with Gasteiger partial charge in [0.15, 0.2) is 5.82 Å². The molecule has 0 fully saturated rings. The Morgan fingerprint density at radius 2 is 2.06 bits per heavy atom. The van der Waals surface area contributed by atoms with Crippen LogP contribution in [0.4, 0.5) is 10.6 Å². The van der Waals surface area contributed by atoms with Gasteiger partial charge in [-0.25, -0.2) is 4.79 Å². The highest BCUT2D eigenvalue weighted by Gasteiger charge is 2.07. The molecule has 0 saturated heterocycles. The van der Waals surface area contributed by atoms with Crippen molar-refractivity contribution < 1.29 is 19.5 Å². The molecule has 9 heteroatoms. The number of hydrogen-bond donors (Lipinski definition) is 4. The van der Waals surface area contributed by atoms with Gasteiger partial charge in [-0.1, -0.05) is 0 Å². The van der Waals surface area contributed by atoms with Crippen molar-refractivity contribution in [2.24, 2.45) is 7.05 Å². The summed E-state index contributed by atoms with van der Waals surface area (Å²) in [4.78, 5) is 32.5. The fraction of sp³-hybridized carbons (Fsp3) is 0.333. The van der Waals surface area contributed by atoms with Gasteiger partial charge >= 0.3 is 12.0 Å². The predicted octanol–water partition coefficient (Wildman–Crippen LogP) is -1.26. The highest BCUT2D eigenvalue weighted by Crippen LogP contribution is 1.99. The Morgan fingerprint density at radius 3 is 2.61 bits per heavy atom. The molecule has 4 N–H and O–H groups in total. The van der Waals surface area contributed by atoms with Gasteiger partial charge in [-0.05, 0) is 0 Å². The number of rotatable bonds is 5. The Hall–Kier alpha value is -2.58. The summed E-state index contributed by atoms with van der Waals surface area (Å²) in [5.41, 5.74) is 0. The second-order valence-electron chi connectivity index (χ2n) is 3.35. The third-order valence-corrected chi connectivity index (χ3v) is 1.80. The largest absolute Gasteiger partial charge is 0.480 e. The third-order valence-electron chi connectivity index (χ3n) is 1.80. The highest BCUT2D eigenvalue weighted by molar-refractivity contribution is 5.92. The number of carboxylic acids is 1. The van der Waals surface area contributed by atoms with Crippen molar-refractivity contribution in [3.05, 3.63) is 12.3 Å². The molecule has 1 heterocycles. The quantitative estimate of drug-likeness (QED) is 0.522. The lowest BCUT2D eigenvalue weighted by atomic mass is 10.5. The maximum atomic E-state index is 11.3. The molecule has 0 unspecified atom stereocenters. The lowest BCUT2D eigenvalue weighted by molar-refractivity contribution is -0.137. The first-order valence-corrected chi connectivity index (χ1v) is 5.00. The van der Waals surface area contributed by atoms with Gasteiger partial charge in [-0.3, -0.25) is 19.6 Å². The molecule has 0 radical (unpaired) electrons. The number of nitrogens with zero attached hydrogens (tertiary/aromatic N) is 2. The minimum absolute atomic E-state index is 0.314. The molecule has 3 amide bonds. The summed E-state index contributed by atoms with van der Waals surface area (Å²) in [7, 11) is 1.70.